The van der Waals surface area contributed by atoms with Crippen molar-refractivity contribution in [3.8, 4) is 12.3 Å². The lowest BCUT2D eigenvalue weighted by molar-refractivity contribution is 0.412. The summed E-state index contributed by atoms with van der Waals surface area (Å²) in [6, 6.07) is -0.0618. The number of hydrogen-bond donors (Lipinski definition) is 1. The lowest BCUT2D eigenvalue weighted by Gasteiger charge is -2.29. The van der Waals surface area contributed by atoms with Gasteiger partial charge in [0.15, 0.2) is 0 Å². The van der Waals surface area contributed by atoms with Crippen LogP contribution in [0, 0.1) is 23.7 Å². The van der Waals surface area contributed by atoms with E-state index < -0.39 is 0 Å². The third kappa shape index (κ3) is 6.59. The zero-order valence-corrected chi connectivity index (χ0v) is 13.6. The first-order chi connectivity index (χ1) is 8.67. The zero-order valence-electron chi connectivity index (χ0n) is 13.6. The van der Waals surface area contributed by atoms with Crippen LogP contribution in [0.3, 0.4) is 0 Å². The number of rotatable bonds is 7. The van der Waals surface area contributed by atoms with Crippen molar-refractivity contribution in [2.24, 2.45) is 16.3 Å². The summed E-state index contributed by atoms with van der Waals surface area (Å²) in [4.78, 5) is 4.45. The van der Waals surface area contributed by atoms with Crippen LogP contribution in [0.1, 0.15) is 48.5 Å². The monoisotopic (exact) mass is 262 g/mol. The van der Waals surface area contributed by atoms with Gasteiger partial charge in [-0.05, 0) is 33.2 Å². The minimum atomic E-state index is -0.0716. The quantitative estimate of drug-likeness (QED) is 0.422. The van der Waals surface area contributed by atoms with Crippen molar-refractivity contribution < 1.29 is 0 Å². The molecule has 108 valence electrons. The molecule has 0 aromatic heterocycles. The van der Waals surface area contributed by atoms with Crippen molar-refractivity contribution in [2.75, 3.05) is 6.54 Å². The largest absolute Gasteiger partial charge is 0.309 e. The predicted molar refractivity (Wildman–Crippen MR) is 86.6 cm³/mol. The SMILES string of the molecule is C#CC(C)N=CC(C)(/C=C\C(C)(C)NCC)C(C)C. The van der Waals surface area contributed by atoms with E-state index in [9.17, 15) is 0 Å². The molecule has 0 rings (SSSR count). The lowest BCUT2D eigenvalue weighted by Crippen LogP contribution is -2.37. The molecule has 0 aromatic carbocycles. The van der Waals surface area contributed by atoms with E-state index in [-0.39, 0.29) is 17.0 Å². The van der Waals surface area contributed by atoms with Gasteiger partial charge in [0.2, 0.25) is 0 Å². The van der Waals surface area contributed by atoms with Crippen LogP contribution in [-0.4, -0.2) is 24.3 Å². The van der Waals surface area contributed by atoms with Crippen molar-refractivity contribution in [1.82, 2.24) is 5.32 Å². The second-order valence-corrected chi connectivity index (χ2v) is 6.23. The van der Waals surface area contributed by atoms with Crippen LogP contribution >= 0.6 is 0 Å². The molecular formula is C17H30N2. The van der Waals surface area contributed by atoms with Crippen LogP contribution in [0.4, 0.5) is 0 Å². The smallest absolute Gasteiger partial charge is 0.107 e. The Balaban J connectivity index is 5.07. The molecule has 0 saturated carbocycles. The number of nitrogens with zero attached hydrogens (tertiary/aromatic N) is 1. The molecule has 0 saturated heterocycles. The number of hydrogen-bond acceptors (Lipinski definition) is 2. The van der Waals surface area contributed by atoms with Crippen LogP contribution < -0.4 is 5.32 Å². The van der Waals surface area contributed by atoms with Gasteiger partial charge in [0.25, 0.3) is 0 Å². The van der Waals surface area contributed by atoms with Crippen molar-refractivity contribution in [3.05, 3.63) is 12.2 Å². The fraction of sp³-hybridized carbons (Fsp3) is 0.706. The van der Waals surface area contributed by atoms with Gasteiger partial charge in [-0.3, -0.25) is 4.99 Å². The number of terminal acetylenes is 1. The molecule has 0 aliphatic heterocycles. The molecule has 0 aliphatic carbocycles. The Morgan fingerprint density at radius 1 is 1.21 bits per heavy atom. The third-order valence-electron chi connectivity index (χ3n) is 3.55. The summed E-state index contributed by atoms with van der Waals surface area (Å²) < 4.78 is 0. The summed E-state index contributed by atoms with van der Waals surface area (Å²) in [6.07, 6.45) is 11.8. The van der Waals surface area contributed by atoms with Gasteiger partial charge in [0.05, 0.1) is 0 Å². The number of aliphatic imine (C=N–C) groups is 1. The van der Waals surface area contributed by atoms with Crippen LogP contribution in [0.2, 0.25) is 0 Å². The second-order valence-electron chi connectivity index (χ2n) is 6.23. The Labute approximate surface area is 119 Å². The van der Waals surface area contributed by atoms with Gasteiger partial charge in [-0.15, -0.1) is 6.42 Å². The van der Waals surface area contributed by atoms with E-state index in [1.165, 1.54) is 0 Å². The topological polar surface area (TPSA) is 24.4 Å². The molecule has 0 bridgehead atoms. The minimum absolute atomic E-state index is 0.00350. The van der Waals surface area contributed by atoms with Gasteiger partial charge in [-0.1, -0.05) is 45.8 Å². The highest BCUT2D eigenvalue weighted by molar-refractivity contribution is 5.69. The molecular weight excluding hydrogens is 232 g/mol. The Hall–Kier alpha value is -1.07. The lowest BCUT2D eigenvalue weighted by atomic mass is 9.79. The highest BCUT2D eigenvalue weighted by Gasteiger charge is 2.24. The Morgan fingerprint density at radius 2 is 1.79 bits per heavy atom. The van der Waals surface area contributed by atoms with E-state index >= 15 is 0 Å². The average molecular weight is 262 g/mol. The molecule has 0 aromatic rings. The zero-order chi connectivity index (χ0) is 15.1. The van der Waals surface area contributed by atoms with Gasteiger partial charge >= 0.3 is 0 Å². The third-order valence-corrected chi connectivity index (χ3v) is 3.55. The molecule has 19 heavy (non-hydrogen) atoms. The van der Waals surface area contributed by atoms with Crippen LogP contribution in [0.25, 0.3) is 0 Å². The van der Waals surface area contributed by atoms with Gasteiger partial charge in [-0.25, -0.2) is 0 Å². The van der Waals surface area contributed by atoms with E-state index in [0.717, 1.165) is 6.54 Å². The van der Waals surface area contributed by atoms with Crippen LogP contribution in [0.15, 0.2) is 17.1 Å². The van der Waals surface area contributed by atoms with Crippen molar-refractivity contribution in [3.63, 3.8) is 0 Å². The first-order valence-electron chi connectivity index (χ1n) is 7.12. The second kappa shape index (κ2) is 7.50. The summed E-state index contributed by atoms with van der Waals surface area (Å²) in [7, 11) is 0. The molecule has 0 heterocycles. The molecule has 2 nitrogen and oxygen atoms in total. The summed E-state index contributed by atoms with van der Waals surface area (Å²) in [5.41, 5.74) is -0.0751. The van der Waals surface area contributed by atoms with E-state index in [1.807, 2.05) is 13.1 Å². The maximum absolute atomic E-state index is 5.37. The molecule has 2 atom stereocenters. The van der Waals surface area contributed by atoms with E-state index in [2.05, 4.69) is 69.9 Å². The maximum Gasteiger partial charge on any atom is 0.107 e. The molecule has 0 spiro atoms. The minimum Gasteiger partial charge on any atom is -0.309 e. The molecule has 1 N–H and O–H groups in total. The van der Waals surface area contributed by atoms with Gasteiger partial charge in [0.1, 0.15) is 6.04 Å². The number of allylic oxidation sites excluding steroid dienone is 1. The van der Waals surface area contributed by atoms with Crippen LogP contribution in [-0.2, 0) is 0 Å². The maximum atomic E-state index is 5.37. The fourth-order valence-corrected chi connectivity index (χ4v) is 1.60. The Kier molecular flexibility index (Phi) is 7.08. The molecule has 2 unspecified atom stereocenters. The van der Waals surface area contributed by atoms with Crippen molar-refractivity contribution >= 4 is 6.21 Å². The van der Waals surface area contributed by atoms with E-state index in [0.29, 0.717) is 5.92 Å². The standard InChI is InChI=1S/C17H30N2/c1-9-15(5)18-13-17(8,14(3)4)12-11-16(6,7)19-10-2/h1,11-15,19H,10H2,2-8H3/b12-11-,18-13?. The summed E-state index contributed by atoms with van der Waals surface area (Å²) in [6.45, 7) is 16.0. The highest BCUT2D eigenvalue weighted by Crippen LogP contribution is 2.28. The fourth-order valence-electron chi connectivity index (χ4n) is 1.60. The van der Waals surface area contributed by atoms with E-state index in [1.54, 1.807) is 0 Å². The normalized spacial score (nSPS) is 17.8. The van der Waals surface area contributed by atoms with Crippen molar-refractivity contribution in [1.29, 1.82) is 0 Å². The average Bonchev–Trinajstić information content (AvgIpc) is 2.33. The first-order valence-corrected chi connectivity index (χ1v) is 7.12. The Morgan fingerprint density at radius 3 is 2.21 bits per heavy atom. The summed E-state index contributed by atoms with van der Waals surface area (Å²) in [5, 5.41) is 3.45. The summed E-state index contributed by atoms with van der Waals surface area (Å²) >= 11 is 0. The first kappa shape index (κ1) is 17.9. The molecule has 0 aliphatic rings. The molecule has 0 amide bonds. The Bertz CT molecular complexity index is 358. The van der Waals surface area contributed by atoms with Gasteiger partial charge < -0.3 is 5.32 Å². The molecule has 2 heteroatoms. The molecule has 0 radical (unpaired) electrons. The number of likely N-dealkylation sites (N-methyl/N-ethyl adjacent to an activating group) is 1. The number of nitrogens with one attached hydrogen (secondary N) is 1. The summed E-state index contributed by atoms with van der Waals surface area (Å²) in [5.74, 6) is 3.10. The highest BCUT2D eigenvalue weighted by atomic mass is 14.9. The predicted octanol–water partition coefficient (Wildman–Crippen LogP) is 3.69. The molecule has 0 fully saturated rings. The van der Waals surface area contributed by atoms with Gasteiger partial charge in [-0.2, -0.15) is 0 Å². The van der Waals surface area contributed by atoms with Gasteiger partial charge in [0, 0.05) is 17.2 Å². The van der Waals surface area contributed by atoms with Crippen LogP contribution in [0.5, 0.6) is 0 Å². The van der Waals surface area contributed by atoms with Crippen molar-refractivity contribution in [2.45, 2.75) is 60.0 Å². The van der Waals surface area contributed by atoms with E-state index in [4.69, 9.17) is 6.42 Å².